The number of fused-ring (bicyclic) bond motifs is 10. The molecule has 0 aromatic heterocycles. The van der Waals surface area contributed by atoms with Crippen molar-refractivity contribution in [2.75, 3.05) is 4.90 Å². The van der Waals surface area contributed by atoms with Gasteiger partial charge in [0.05, 0.1) is 5.41 Å². The molecule has 2 aliphatic carbocycles. The maximum Gasteiger partial charge on any atom is 0.0725 e. The molecule has 1 heteroatoms. The van der Waals surface area contributed by atoms with E-state index in [4.69, 9.17) is 0 Å². The highest BCUT2D eigenvalue weighted by Gasteiger charge is 2.51. The fraction of sp³-hybridized carbons (Fsp3) is 0.0222. The fourth-order valence-corrected chi connectivity index (χ4v) is 7.87. The van der Waals surface area contributed by atoms with E-state index in [2.05, 4.69) is 181 Å². The largest absolute Gasteiger partial charge is 0.311 e. The lowest BCUT2D eigenvalue weighted by Crippen LogP contribution is -2.26. The summed E-state index contributed by atoms with van der Waals surface area (Å²) in [6.45, 7) is 4.12. The van der Waals surface area contributed by atoms with Crippen LogP contribution in [0.2, 0.25) is 0 Å². The Labute approximate surface area is 270 Å². The molecule has 216 valence electrons. The van der Waals surface area contributed by atoms with Gasteiger partial charge in [0.2, 0.25) is 0 Å². The summed E-state index contributed by atoms with van der Waals surface area (Å²) in [5.74, 6) is 0. The van der Waals surface area contributed by atoms with Crippen LogP contribution in [0.4, 0.5) is 17.1 Å². The van der Waals surface area contributed by atoms with Gasteiger partial charge in [0.15, 0.2) is 0 Å². The monoisotopic (exact) mass is 585 g/mol. The Bertz CT molecular complexity index is 2210. The molecule has 0 saturated carbocycles. The fourth-order valence-electron chi connectivity index (χ4n) is 7.87. The number of benzene rings is 7. The van der Waals surface area contributed by atoms with E-state index >= 15 is 0 Å². The minimum Gasteiger partial charge on any atom is -0.311 e. The Morgan fingerprint density at radius 1 is 0.391 bits per heavy atom. The molecule has 1 spiro atoms. The van der Waals surface area contributed by atoms with Gasteiger partial charge < -0.3 is 4.90 Å². The van der Waals surface area contributed by atoms with Crippen LogP contribution in [0.15, 0.2) is 176 Å². The van der Waals surface area contributed by atoms with E-state index in [0.717, 1.165) is 22.6 Å². The van der Waals surface area contributed by atoms with E-state index in [1.54, 1.807) is 0 Å². The van der Waals surface area contributed by atoms with Crippen LogP contribution in [-0.4, -0.2) is 0 Å². The first-order valence-corrected chi connectivity index (χ1v) is 15.9. The van der Waals surface area contributed by atoms with Gasteiger partial charge in [-0.05, 0) is 110 Å². The summed E-state index contributed by atoms with van der Waals surface area (Å²) >= 11 is 0. The van der Waals surface area contributed by atoms with Gasteiger partial charge in [-0.2, -0.15) is 0 Å². The third kappa shape index (κ3) is 3.76. The first-order chi connectivity index (χ1) is 22.8. The molecule has 0 saturated heterocycles. The molecule has 0 bridgehead atoms. The van der Waals surface area contributed by atoms with E-state index in [0.29, 0.717) is 0 Å². The lowest BCUT2D eigenvalue weighted by Gasteiger charge is -2.31. The molecular formula is C45H31N. The molecule has 0 heterocycles. The molecule has 1 nitrogen and oxygen atoms in total. The second-order valence-electron chi connectivity index (χ2n) is 12.2. The lowest BCUT2D eigenvalue weighted by molar-refractivity contribution is 0.794. The molecule has 7 aromatic rings. The lowest BCUT2D eigenvalue weighted by atomic mass is 9.70. The van der Waals surface area contributed by atoms with Crippen LogP contribution in [0.25, 0.3) is 39.5 Å². The highest BCUT2D eigenvalue weighted by atomic mass is 15.1. The van der Waals surface area contributed by atoms with Crippen LogP contribution in [0.5, 0.6) is 0 Å². The quantitative estimate of drug-likeness (QED) is 0.194. The Morgan fingerprint density at radius 3 is 1.43 bits per heavy atom. The second-order valence-corrected chi connectivity index (χ2v) is 12.2. The molecule has 0 aliphatic heterocycles. The van der Waals surface area contributed by atoms with Gasteiger partial charge in [0.1, 0.15) is 0 Å². The van der Waals surface area contributed by atoms with Gasteiger partial charge in [-0.15, -0.1) is 0 Å². The molecule has 9 rings (SSSR count). The number of nitrogens with zero attached hydrogens (tertiary/aromatic N) is 1. The summed E-state index contributed by atoms with van der Waals surface area (Å²) in [6, 6.07) is 62.0. The number of hydrogen-bond acceptors (Lipinski definition) is 1. The number of anilines is 3. The zero-order chi connectivity index (χ0) is 30.7. The van der Waals surface area contributed by atoms with Gasteiger partial charge in [-0.25, -0.2) is 0 Å². The van der Waals surface area contributed by atoms with Crippen LogP contribution < -0.4 is 4.90 Å². The Morgan fingerprint density at radius 2 is 0.848 bits per heavy atom. The molecule has 0 radical (unpaired) electrons. The summed E-state index contributed by atoms with van der Waals surface area (Å²) in [6.07, 6.45) is 1.96. The summed E-state index contributed by atoms with van der Waals surface area (Å²) in [5.41, 5.74) is 17.2. The van der Waals surface area contributed by atoms with Crippen molar-refractivity contribution in [3.05, 3.63) is 204 Å². The number of hydrogen-bond donors (Lipinski definition) is 0. The highest BCUT2D eigenvalue weighted by Crippen LogP contribution is 2.63. The predicted octanol–water partition coefficient (Wildman–Crippen LogP) is 11.8. The molecule has 7 aromatic carbocycles. The maximum atomic E-state index is 4.12. The van der Waals surface area contributed by atoms with Crippen LogP contribution >= 0.6 is 0 Å². The van der Waals surface area contributed by atoms with Crippen molar-refractivity contribution in [1.82, 2.24) is 0 Å². The Kier molecular flexibility index (Phi) is 5.94. The Balaban J connectivity index is 1.22. The first kappa shape index (κ1) is 26.5. The summed E-state index contributed by atoms with van der Waals surface area (Å²) in [5, 5.41) is 0. The van der Waals surface area contributed by atoms with Crippen LogP contribution in [0, 0.1) is 0 Å². The molecule has 0 amide bonds. The maximum absolute atomic E-state index is 4.12. The van der Waals surface area contributed by atoms with Gasteiger partial charge in [0, 0.05) is 17.1 Å². The van der Waals surface area contributed by atoms with Gasteiger partial charge >= 0.3 is 0 Å². The topological polar surface area (TPSA) is 3.24 Å². The zero-order valence-electron chi connectivity index (χ0n) is 25.4. The summed E-state index contributed by atoms with van der Waals surface area (Å²) < 4.78 is 0. The van der Waals surface area contributed by atoms with E-state index in [9.17, 15) is 0 Å². The van der Waals surface area contributed by atoms with Gasteiger partial charge in [0.25, 0.3) is 0 Å². The van der Waals surface area contributed by atoms with Crippen molar-refractivity contribution in [2.45, 2.75) is 5.41 Å². The number of para-hydroxylation sites is 2. The third-order valence-electron chi connectivity index (χ3n) is 9.84. The molecule has 0 N–H and O–H groups in total. The minimum absolute atomic E-state index is 0.385. The van der Waals surface area contributed by atoms with E-state index in [-0.39, 0.29) is 5.41 Å². The molecule has 2 aliphatic rings. The van der Waals surface area contributed by atoms with Crippen molar-refractivity contribution in [2.24, 2.45) is 0 Å². The van der Waals surface area contributed by atoms with E-state index < -0.39 is 0 Å². The summed E-state index contributed by atoms with van der Waals surface area (Å²) in [7, 11) is 0. The van der Waals surface area contributed by atoms with Crippen LogP contribution in [-0.2, 0) is 5.41 Å². The first-order valence-electron chi connectivity index (χ1n) is 15.9. The predicted molar refractivity (Wildman–Crippen MR) is 193 cm³/mol. The molecule has 0 fully saturated rings. The second kappa shape index (κ2) is 10.3. The third-order valence-corrected chi connectivity index (χ3v) is 9.84. The number of rotatable bonds is 5. The van der Waals surface area contributed by atoms with E-state index in [1.165, 1.54) is 55.6 Å². The SMILES string of the molecule is C=Cc1ccc2c(c1)C1(c3ccccc3-2)c2ccccc2-c2ccc(-c3ccc(N(c4ccccc4)c4ccccc4)cc3)cc21. The molecule has 1 unspecified atom stereocenters. The van der Waals surface area contributed by atoms with Crippen molar-refractivity contribution in [1.29, 1.82) is 0 Å². The highest BCUT2D eigenvalue weighted by molar-refractivity contribution is 5.96. The molecular weight excluding hydrogens is 555 g/mol. The van der Waals surface area contributed by atoms with Gasteiger partial charge in [-0.1, -0.05) is 134 Å². The Hall–Kier alpha value is -5.92. The molecule has 1 atom stereocenters. The normalized spacial score (nSPS) is 15.1. The van der Waals surface area contributed by atoms with Crippen LogP contribution in [0.1, 0.15) is 27.8 Å². The van der Waals surface area contributed by atoms with Crippen molar-refractivity contribution in [3.8, 4) is 33.4 Å². The van der Waals surface area contributed by atoms with E-state index in [1.807, 2.05) is 6.08 Å². The minimum atomic E-state index is -0.385. The van der Waals surface area contributed by atoms with Crippen molar-refractivity contribution in [3.63, 3.8) is 0 Å². The van der Waals surface area contributed by atoms with Crippen LogP contribution in [0.3, 0.4) is 0 Å². The average molecular weight is 586 g/mol. The molecule has 46 heavy (non-hydrogen) atoms. The van der Waals surface area contributed by atoms with Gasteiger partial charge in [-0.3, -0.25) is 0 Å². The smallest absolute Gasteiger partial charge is 0.0725 e. The standard InChI is InChI=1S/C45H31N/c1-2-31-21-27-39-37-17-9-11-19-41(37)45(43(39)29-31)42-20-12-10-18-38(42)40-28-24-33(30-44(40)45)32-22-25-36(26-23-32)46(34-13-5-3-6-14-34)35-15-7-4-8-16-35/h2-30H,1H2. The average Bonchev–Trinajstić information content (AvgIpc) is 3.59. The summed E-state index contributed by atoms with van der Waals surface area (Å²) in [4.78, 5) is 2.31. The van der Waals surface area contributed by atoms with Crippen molar-refractivity contribution < 1.29 is 0 Å². The van der Waals surface area contributed by atoms with Crippen molar-refractivity contribution >= 4 is 23.1 Å². The zero-order valence-corrected chi connectivity index (χ0v) is 25.4.